The van der Waals surface area contributed by atoms with Gasteiger partial charge in [-0.2, -0.15) is 0 Å². The summed E-state index contributed by atoms with van der Waals surface area (Å²) in [5.41, 5.74) is 0. The van der Waals surface area contributed by atoms with Gasteiger partial charge in [-0.05, 0) is 32.1 Å². The largest absolute Gasteiger partial charge is 2.00 e. The zero-order valence-corrected chi connectivity index (χ0v) is 12.0. The molecule has 0 rings (SSSR count). The van der Waals surface area contributed by atoms with E-state index in [1.807, 2.05) is 0 Å². The molecule has 0 aliphatic rings. The van der Waals surface area contributed by atoms with Crippen LogP contribution in [-0.2, 0) is 17.1 Å². The van der Waals surface area contributed by atoms with Gasteiger partial charge in [-0.3, -0.25) is 0 Å². The predicted octanol–water partition coefficient (Wildman–Crippen LogP) is -3.18. The molecule has 0 N–H and O–H groups in total. The van der Waals surface area contributed by atoms with Gasteiger partial charge in [-0.25, -0.2) is 0 Å². The summed E-state index contributed by atoms with van der Waals surface area (Å²) in [6, 6.07) is 0. The van der Waals surface area contributed by atoms with Crippen LogP contribution in [0.25, 0.3) is 0 Å². The molecule has 0 fully saturated rings. The zero-order chi connectivity index (χ0) is 6.73. The van der Waals surface area contributed by atoms with Crippen molar-refractivity contribution in [2.45, 2.75) is 12.3 Å². The van der Waals surface area contributed by atoms with Gasteiger partial charge in [0.05, 0.1) is 0 Å². The third-order valence-electron chi connectivity index (χ3n) is 1.49. The third kappa shape index (κ3) is 12.0. The molecule has 0 aromatic carbocycles. The number of rotatable bonds is 2. The quantitative estimate of drug-likeness (QED) is 0.369. The van der Waals surface area contributed by atoms with Crippen molar-refractivity contribution in [1.82, 2.24) is 0 Å². The first-order chi connectivity index (χ1) is 3.55. The van der Waals surface area contributed by atoms with Crippen LogP contribution in [-0.4, -0.2) is 32.1 Å². The molecule has 0 nitrogen and oxygen atoms in total. The molecule has 0 saturated heterocycles. The molecule has 0 saturated carbocycles. The SMILES string of the molecule is CC(P(C)C)P(C)C.[Cl-].[Cl-].[Fe+2]. The van der Waals surface area contributed by atoms with E-state index in [9.17, 15) is 0 Å². The van der Waals surface area contributed by atoms with Gasteiger partial charge >= 0.3 is 17.1 Å². The minimum Gasteiger partial charge on any atom is -1.00 e. The Balaban J connectivity index is -0.0000000817. The third-order valence-corrected chi connectivity index (χ3v) is 7.26. The van der Waals surface area contributed by atoms with E-state index in [2.05, 4.69) is 33.6 Å². The first-order valence-electron chi connectivity index (χ1n) is 2.88. The molecular formula is C6H16Cl2FeP2. The molecule has 0 heterocycles. The number of halogens is 2. The monoisotopic (exact) mass is 276 g/mol. The van der Waals surface area contributed by atoms with E-state index < -0.39 is 0 Å². The summed E-state index contributed by atoms with van der Waals surface area (Å²) in [7, 11) is 0.655. The van der Waals surface area contributed by atoms with Crippen molar-refractivity contribution in [2.24, 2.45) is 0 Å². The zero-order valence-electron chi connectivity index (χ0n) is 7.58. The molecule has 0 aromatic rings. The van der Waals surface area contributed by atoms with Crippen LogP contribution in [0.3, 0.4) is 0 Å². The molecule has 72 valence electrons. The molecule has 0 unspecified atom stereocenters. The average molecular weight is 277 g/mol. The standard InChI is InChI=1S/C6H16P2.2ClH.Fe/c1-6(7(2)3)8(4)5;;;/h6H,1-5H3;2*1H;/q;;;+2/p-2. The second kappa shape index (κ2) is 12.0. The van der Waals surface area contributed by atoms with Crippen molar-refractivity contribution in [3.8, 4) is 0 Å². The summed E-state index contributed by atoms with van der Waals surface area (Å²) in [5.74, 6) is 0. The fraction of sp³-hybridized carbons (Fsp3) is 1.00. The molecule has 0 aromatic heterocycles. The van der Waals surface area contributed by atoms with Gasteiger partial charge in [-0.15, -0.1) is 15.8 Å². The Labute approximate surface area is 96.5 Å². The van der Waals surface area contributed by atoms with Gasteiger partial charge in [0, 0.05) is 0 Å². The summed E-state index contributed by atoms with van der Waals surface area (Å²) in [6.45, 7) is 11.8. The van der Waals surface area contributed by atoms with E-state index in [0.29, 0.717) is 15.8 Å². The van der Waals surface area contributed by atoms with Crippen molar-refractivity contribution < 1.29 is 41.9 Å². The van der Waals surface area contributed by atoms with E-state index >= 15 is 0 Å². The molecule has 0 bridgehead atoms. The van der Waals surface area contributed by atoms with Crippen LogP contribution >= 0.6 is 15.8 Å². The number of hydrogen-bond acceptors (Lipinski definition) is 0. The summed E-state index contributed by atoms with van der Waals surface area (Å²) < 4.78 is 0. The van der Waals surface area contributed by atoms with E-state index in [1.165, 1.54) is 0 Å². The van der Waals surface area contributed by atoms with Gasteiger partial charge in [-0.1, -0.05) is 6.92 Å². The van der Waals surface area contributed by atoms with Gasteiger partial charge in [0.25, 0.3) is 0 Å². The molecule has 0 aliphatic heterocycles. The maximum atomic E-state index is 2.37. The van der Waals surface area contributed by atoms with Crippen LogP contribution in [0.4, 0.5) is 0 Å². The van der Waals surface area contributed by atoms with Crippen LogP contribution in [0, 0.1) is 0 Å². The van der Waals surface area contributed by atoms with Gasteiger partial charge in [0.15, 0.2) is 0 Å². The Morgan fingerprint density at radius 2 is 1.00 bits per heavy atom. The Bertz CT molecular complexity index is 63.6. The van der Waals surface area contributed by atoms with Crippen molar-refractivity contribution in [3.63, 3.8) is 0 Å². The van der Waals surface area contributed by atoms with Crippen molar-refractivity contribution in [1.29, 1.82) is 0 Å². The maximum Gasteiger partial charge on any atom is 2.00 e. The fourth-order valence-electron chi connectivity index (χ4n) is 0.462. The van der Waals surface area contributed by atoms with Gasteiger partial charge in [0.2, 0.25) is 0 Å². The summed E-state index contributed by atoms with van der Waals surface area (Å²) in [5, 5.41) is 1.000. The number of hydrogen-bond donors (Lipinski definition) is 0. The molecule has 0 amide bonds. The second-order valence-electron chi connectivity index (χ2n) is 2.56. The maximum absolute atomic E-state index is 2.37. The molecule has 5 heteroatoms. The molecule has 0 radical (unpaired) electrons. The van der Waals surface area contributed by atoms with Crippen LogP contribution in [0.1, 0.15) is 6.92 Å². The first-order valence-corrected chi connectivity index (χ1v) is 7.49. The molecule has 0 atom stereocenters. The predicted molar refractivity (Wildman–Crippen MR) is 47.0 cm³/mol. The van der Waals surface area contributed by atoms with Gasteiger partial charge in [0.1, 0.15) is 0 Å². The second-order valence-corrected chi connectivity index (χ2v) is 8.37. The van der Waals surface area contributed by atoms with E-state index in [0.717, 1.165) is 5.40 Å². The molecular weight excluding hydrogens is 261 g/mol. The minimum absolute atomic E-state index is 0. The van der Waals surface area contributed by atoms with Crippen LogP contribution in [0.15, 0.2) is 0 Å². The first kappa shape index (κ1) is 23.1. The van der Waals surface area contributed by atoms with Crippen LogP contribution in [0.2, 0.25) is 0 Å². The molecule has 11 heavy (non-hydrogen) atoms. The summed E-state index contributed by atoms with van der Waals surface area (Å²) in [4.78, 5) is 0. The van der Waals surface area contributed by atoms with Crippen molar-refractivity contribution in [2.75, 3.05) is 26.7 Å². The van der Waals surface area contributed by atoms with Crippen molar-refractivity contribution in [3.05, 3.63) is 0 Å². The van der Waals surface area contributed by atoms with E-state index in [1.54, 1.807) is 0 Å². The average Bonchev–Trinajstić information content (AvgIpc) is 1.64. The molecule has 0 spiro atoms. The Morgan fingerprint density at radius 1 is 0.818 bits per heavy atom. The normalized spacial score (nSPS) is 8.73. The van der Waals surface area contributed by atoms with Crippen LogP contribution < -0.4 is 24.8 Å². The Kier molecular flexibility index (Phi) is 25.1. The minimum atomic E-state index is 0. The Hall–Kier alpha value is 1.96. The Morgan fingerprint density at radius 3 is 1.00 bits per heavy atom. The molecule has 0 aliphatic carbocycles. The summed E-state index contributed by atoms with van der Waals surface area (Å²) in [6.07, 6.45) is 0. The van der Waals surface area contributed by atoms with Gasteiger partial charge < -0.3 is 24.8 Å². The van der Waals surface area contributed by atoms with E-state index in [-0.39, 0.29) is 41.9 Å². The fourth-order valence-corrected chi connectivity index (χ4v) is 4.16. The van der Waals surface area contributed by atoms with E-state index in [4.69, 9.17) is 0 Å². The summed E-state index contributed by atoms with van der Waals surface area (Å²) >= 11 is 0. The van der Waals surface area contributed by atoms with Crippen LogP contribution in [0.5, 0.6) is 0 Å². The smallest absolute Gasteiger partial charge is 1.00 e. The van der Waals surface area contributed by atoms with Crippen molar-refractivity contribution >= 4 is 15.8 Å². The topological polar surface area (TPSA) is 0 Å².